The van der Waals surface area contributed by atoms with Gasteiger partial charge in [0.2, 0.25) is 5.91 Å². The predicted molar refractivity (Wildman–Crippen MR) is 90.7 cm³/mol. The van der Waals surface area contributed by atoms with Crippen LogP contribution in [0.4, 0.5) is 4.79 Å². The van der Waals surface area contributed by atoms with Crippen LogP contribution < -0.4 is 5.32 Å². The van der Waals surface area contributed by atoms with Crippen LogP contribution in [-0.4, -0.2) is 59.9 Å². The maximum atomic E-state index is 12.3. The number of carbonyl (C=O) groups is 4. The molecular formula is C18H21N3O5. The van der Waals surface area contributed by atoms with Crippen LogP contribution in [0.1, 0.15) is 24.9 Å². The van der Waals surface area contributed by atoms with Crippen molar-refractivity contribution in [1.29, 1.82) is 0 Å². The first-order valence-electron chi connectivity index (χ1n) is 8.56. The van der Waals surface area contributed by atoms with Crippen molar-refractivity contribution in [1.82, 2.24) is 15.1 Å². The molecule has 0 unspecified atom stereocenters. The summed E-state index contributed by atoms with van der Waals surface area (Å²) in [5, 5.41) is 2.51. The Morgan fingerprint density at radius 2 is 2.00 bits per heavy atom. The van der Waals surface area contributed by atoms with Crippen LogP contribution in [0.5, 0.6) is 0 Å². The van der Waals surface area contributed by atoms with Gasteiger partial charge in [-0.05, 0) is 12.5 Å². The van der Waals surface area contributed by atoms with Gasteiger partial charge in [-0.1, -0.05) is 30.3 Å². The molecule has 2 aliphatic rings. The second-order valence-electron chi connectivity index (χ2n) is 6.42. The third kappa shape index (κ3) is 3.68. The normalized spacial score (nSPS) is 20.9. The van der Waals surface area contributed by atoms with Crippen LogP contribution in [-0.2, 0) is 19.1 Å². The third-order valence-corrected chi connectivity index (χ3v) is 4.74. The summed E-state index contributed by atoms with van der Waals surface area (Å²) >= 11 is 0. The molecule has 0 aromatic heterocycles. The van der Waals surface area contributed by atoms with E-state index in [0.29, 0.717) is 6.54 Å². The van der Waals surface area contributed by atoms with E-state index in [1.165, 1.54) is 0 Å². The molecule has 0 aliphatic carbocycles. The lowest BCUT2D eigenvalue weighted by Crippen LogP contribution is -2.38. The second kappa shape index (κ2) is 7.55. The number of carbonyl (C=O) groups excluding carboxylic acids is 4. The van der Waals surface area contributed by atoms with E-state index in [1.54, 1.807) is 4.90 Å². The number of imide groups is 1. The first-order valence-corrected chi connectivity index (χ1v) is 8.56. The summed E-state index contributed by atoms with van der Waals surface area (Å²) in [4.78, 5) is 50.5. The van der Waals surface area contributed by atoms with Crippen LogP contribution in [0, 0.1) is 5.92 Å². The van der Waals surface area contributed by atoms with Crippen molar-refractivity contribution in [3.05, 3.63) is 35.9 Å². The molecule has 0 bridgehead atoms. The lowest BCUT2D eigenvalue weighted by atomic mass is 10.1. The number of esters is 1. The first-order chi connectivity index (χ1) is 12.5. The number of nitrogens with zero attached hydrogens (tertiary/aromatic N) is 2. The zero-order valence-electron chi connectivity index (χ0n) is 14.5. The average Bonchev–Trinajstić information content (AvgIpc) is 3.25. The Morgan fingerprint density at radius 1 is 1.27 bits per heavy atom. The summed E-state index contributed by atoms with van der Waals surface area (Å²) in [5.41, 5.74) is 0.991. The first kappa shape index (κ1) is 17.9. The Bertz CT molecular complexity index is 721. The summed E-state index contributed by atoms with van der Waals surface area (Å²) in [6.45, 7) is 2.33. The molecule has 0 saturated carbocycles. The largest absolute Gasteiger partial charge is 0.455 e. The van der Waals surface area contributed by atoms with Crippen LogP contribution >= 0.6 is 0 Å². The van der Waals surface area contributed by atoms with E-state index in [2.05, 4.69) is 5.32 Å². The van der Waals surface area contributed by atoms with E-state index < -0.39 is 30.4 Å². The molecule has 2 aliphatic heterocycles. The molecule has 1 aromatic carbocycles. The Balaban J connectivity index is 1.54. The van der Waals surface area contributed by atoms with E-state index in [4.69, 9.17) is 4.74 Å². The standard InChI is InChI=1S/C18H21N3O5/c1-12(13-5-3-2-4-6-13)21-10-14(9-15(21)22)17(24)26-11-16(23)20-8-7-19-18(20)25/h2-6,12,14H,7-11H2,1H3,(H,19,25)/t12-,14+/m0/s1. The van der Waals surface area contributed by atoms with E-state index in [-0.39, 0.29) is 31.5 Å². The fraction of sp³-hybridized carbons (Fsp3) is 0.444. The molecule has 8 nitrogen and oxygen atoms in total. The van der Waals surface area contributed by atoms with E-state index in [9.17, 15) is 19.2 Å². The van der Waals surface area contributed by atoms with Crippen molar-refractivity contribution >= 4 is 23.8 Å². The quantitative estimate of drug-likeness (QED) is 0.781. The van der Waals surface area contributed by atoms with E-state index in [0.717, 1.165) is 10.5 Å². The second-order valence-corrected chi connectivity index (χ2v) is 6.42. The number of amides is 4. The van der Waals surface area contributed by atoms with Gasteiger partial charge in [-0.15, -0.1) is 0 Å². The van der Waals surface area contributed by atoms with E-state index in [1.807, 2.05) is 37.3 Å². The molecule has 1 aromatic rings. The van der Waals surface area contributed by atoms with Crippen LogP contribution in [0.3, 0.4) is 0 Å². The molecule has 0 radical (unpaired) electrons. The topological polar surface area (TPSA) is 96.0 Å². The molecular weight excluding hydrogens is 338 g/mol. The predicted octanol–water partition coefficient (Wildman–Crippen LogP) is 0.691. The van der Waals surface area contributed by atoms with Gasteiger partial charge in [-0.25, -0.2) is 4.79 Å². The monoisotopic (exact) mass is 359 g/mol. The number of urea groups is 1. The zero-order chi connectivity index (χ0) is 18.7. The number of benzene rings is 1. The minimum absolute atomic E-state index is 0.0639. The number of ether oxygens (including phenoxy) is 1. The fourth-order valence-electron chi connectivity index (χ4n) is 3.21. The Labute approximate surface area is 151 Å². The smallest absolute Gasteiger partial charge is 0.324 e. The molecule has 4 amide bonds. The molecule has 1 N–H and O–H groups in total. The highest BCUT2D eigenvalue weighted by molar-refractivity contribution is 5.97. The SMILES string of the molecule is C[C@@H](c1ccccc1)N1C[C@H](C(=O)OCC(=O)N2CCNC2=O)CC1=O. The van der Waals surface area contributed by atoms with Crippen molar-refractivity contribution < 1.29 is 23.9 Å². The van der Waals surface area contributed by atoms with Gasteiger partial charge < -0.3 is 15.0 Å². The molecule has 2 atom stereocenters. The lowest BCUT2D eigenvalue weighted by molar-refractivity contribution is -0.154. The van der Waals surface area contributed by atoms with Gasteiger partial charge in [-0.2, -0.15) is 0 Å². The van der Waals surface area contributed by atoms with Crippen molar-refractivity contribution in [2.24, 2.45) is 5.92 Å². The summed E-state index contributed by atoms with van der Waals surface area (Å²) < 4.78 is 5.04. The summed E-state index contributed by atoms with van der Waals surface area (Å²) in [6, 6.07) is 8.95. The third-order valence-electron chi connectivity index (χ3n) is 4.74. The number of rotatable bonds is 5. The summed E-state index contributed by atoms with van der Waals surface area (Å²) in [5.74, 6) is -1.87. The van der Waals surface area contributed by atoms with Gasteiger partial charge in [0.1, 0.15) is 0 Å². The maximum Gasteiger partial charge on any atom is 0.324 e. The van der Waals surface area contributed by atoms with Gasteiger partial charge in [-0.3, -0.25) is 19.3 Å². The van der Waals surface area contributed by atoms with Gasteiger partial charge in [0.05, 0.1) is 12.0 Å². The molecule has 0 spiro atoms. The Kier molecular flexibility index (Phi) is 5.20. The van der Waals surface area contributed by atoms with Gasteiger partial charge in [0.15, 0.2) is 6.61 Å². The molecule has 3 rings (SSSR count). The van der Waals surface area contributed by atoms with Gasteiger partial charge >= 0.3 is 12.0 Å². The number of nitrogens with one attached hydrogen (secondary N) is 1. The van der Waals surface area contributed by atoms with Gasteiger partial charge in [0.25, 0.3) is 5.91 Å². The van der Waals surface area contributed by atoms with Gasteiger partial charge in [0, 0.05) is 26.1 Å². The highest BCUT2D eigenvalue weighted by Gasteiger charge is 2.38. The molecule has 26 heavy (non-hydrogen) atoms. The van der Waals surface area contributed by atoms with Crippen LogP contribution in [0.15, 0.2) is 30.3 Å². The Morgan fingerprint density at radius 3 is 2.65 bits per heavy atom. The molecule has 2 heterocycles. The highest BCUT2D eigenvalue weighted by Crippen LogP contribution is 2.28. The summed E-state index contributed by atoms with van der Waals surface area (Å²) in [6.07, 6.45) is 0.0639. The highest BCUT2D eigenvalue weighted by atomic mass is 16.5. The zero-order valence-corrected chi connectivity index (χ0v) is 14.5. The van der Waals surface area contributed by atoms with Crippen LogP contribution in [0.25, 0.3) is 0 Å². The molecule has 2 saturated heterocycles. The minimum Gasteiger partial charge on any atom is -0.455 e. The minimum atomic E-state index is -0.603. The number of hydrogen-bond acceptors (Lipinski definition) is 5. The molecule has 138 valence electrons. The molecule has 2 fully saturated rings. The fourth-order valence-corrected chi connectivity index (χ4v) is 3.21. The Hall–Kier alpha value is -2.90. The van der Waals surface area contributed by atoms with E-state index >= 15 is 0 Å². The number of hydrogen-bond donors (Lipinski definition) is 1. The van der Waals surface area contributed by atoms with Crippen molar-refractivity contribution in [3.63, 3.8) is 0 Å². The lowest BCUT2D eigenvalue weighted by Gasteiger charge is -2.25. The van der Waals surface area contributed by atoms with Crippen molar-refractivity contribution in [3.8, 4) is 0 Å². The van der Waals surface area contributed by atoms with Crippen molar-refractivity contribution in [2.45, 2.75) is 19.4 Å². The maximum absolute atomic E-state index is 12.3. The average molecular weight is 359 g/mol. The number of likely N-dealkylation sites (tertiary alicyclic amines) is 1. The molecule has 8 heteroatoms. The summed E-state index contributed by atoms with van der Waals surface area (Å²) in [7, 11) is 0. The van der Waals surface area contributed by atoms with Crippen LogP contribution in [0.2, 0.25) is 0 Å². The van der Waals surface area contributed by atoms with Crippen molar-refractivity contribution in [2.75, 3.05) is 26.2 Å².